The molecule has 4 saturated heterocycles. The summed E-state index contributed by atoms with van der Waals surface area (Å²) in [5.74, 6) is -3.86. The summed E-state index contributed by atoms with van der Waals surface area (Å²) < 4.78 is 52.9. The molecule has 0 bridgehead atoms. The van der Waals surface area contributed by atoms with Crippen molar-refractivity contribution in [2.24, 2.45) is 152 Å². The molecule has 12 saturated carbocycles. The second-order valence-electron chi connectivity index (χ2n) is 50.9. The summed E-state index contributed by atoms with van der Waals surface area (Å²) in [7, 11) is 0. The molecule has 840 valence electrons. The van der Waals surface area contributed by atoms with Gasteiger partial charge in [-0.05, 0) is 277 Å². The first kappa shape index (κ1) is 116. The Morgan fingerprint density at radius 1 is 0.255 bits per heavy atom. The van der Waals surface area contributed by atoms with Crippen molar-refractivity contribution < 1.29 is 181 Å². The quantitative estimate of drug-likeness (QED) is 0.0301. The van der Waals surface area contributed by atoms with Crippen LogP contribution >= 0.6 is 0 Å². The van der Waals surface area contributed by atoms with Crippen LogP contribution in [-0.2, 0) is 37.9 Å². The van der Waals surface area contributed by atoms with Crippen LogP contribution in [0.2, 0.25) is 0 Å². The molecule has 60 atom stereocenters. The van der Waals surface area contributed by atoms with Crippen LogP contribution in [0.1, 0.15) is 266 Å². The van der Waals surface area contributed by atoms with Crippen LogP contribution in [0.5, 0.6) is 0 Å². The number of fused-ring (bicyclic) bond motifs is 10. The van der Waals surface area contributed by atoms with Gasteiger partial charge in [0, 0.05) is 55.5 Å². The van der Waals surface area contributed by atoms with Gasteiger partial charge in [0.25, 0.3) is 0 Å². The number of hydrogen-bond donors (Lipinski definition) is 28. The maximum Gasteiger partial charge on any atom is 0.186 e. The van der Waals surface area contributed by atoms with Crippen molar-refractivity contribution in [2.75, 3.05) is 52.9 Å². The second-order valence-corrected chi connectivity index (χ2v) is 50.9. The third-order valence-electron chi connectivity index (χ3n) is 43.9. The normalized spacial score (nSPS) is 53.2. The van der Waals surface area contributed by atoms with Gasteiger partial charge in [0.15, 0.2) is 12.6 Å². The van der Waals surface area contributed by atoms with Crippen molar-refractivity contribution in [1.82, 2.24) is 0 Å². The molecular formula is C109H188O36. The second kappa shape index (κ2) is 49.0. The van der Waals surface area contributed by atoms with E-state index in [1.165, 1.54) is 0 Å². The number of unbranched alkanes of at least 4 members (excludes halogenated alkanes) is 8. The minimum atomic E-state index is -1.68. The van der Waals surface area contributed by atoms with E-state index < -0.39 is 300 Å². The molecule has 0 spiro atoms. The number of aliphatic hydroxyl groups is 28. The van der Waals surface area contributed by atoms with Crippen LogP contribution in [0.25, 0.3) is 0 Å². The monoisotopic (exact) mass is 2070 g/mol. The highest BCUT2D eigenvalue weighted by Gasteiger charge is 2.70. The van der Waals surface area contributed by atoms with Gasteiger partial charge >= 0.3 is 0 Å². The Morgan fingerprint density at radius 3 is 0.979 bits per heavy atom. The Balaban J connectivity index is 0.536. The topological polar surface area (TPSA) is 640 Å². The Bertz CT molecular complexity index is 3710. The van der Waals surface area contributed by atoms with E-state index in [4.69, 9.17) is 37.9 Å². The fourth-order valence-corrected chi connectivity index (χ4v) is 35.2. The van der Waals surface area contributed by atoms with Crippen molar-refractivity contribution in [3.63, 3.8) is 0 Å². The van der Waals surface area contributed by atoms with Crippen molar-refractivity contribution in [1.29, 1.82) is 0 Å². The molecule has 36 heteroatoms. The van der Waals surface area contributed by atoms with Crippen LogP contribution in [0.15, 0.2) is 0 Å². The number of ether oxygens (including phenoxy) is 8. The first-order chi connectivity index (χ1) is 69.1. The zero-order chi connectivity index (χ0) is 104. The van der Waals surface area contributed by atoms with Crippen LogP contribution in [0.3, 0.4) is 0 Å². The Morgan fingerprint density at radius 2 is 0.593 bits per heavy atom. The molecule has 36 unspecified atom stereocenters. The molecule has 0 aromatic heterocycles. The average molecular weight is 2070 g/mol. The molecule has 28 N–H and O–H groups in total. The standard InChI is InChI=1S/C109H188O36/c1-50(68-22-24-70-62-20-18-58-36-60(138-74-34-54(42-110)64(88(122)92(74)126)32-52-30-56(44-112)86(120)98(132)84(52)118)26-28-106(58,3)72(62)40-82(108(68,70)5)142-75-35-55(43-111)65(89(123)93(75)127)33-53-31-57(45-113)87(121)99(133)85(53)119)16-14-12-10-8-7-9-11-13-15-17-51(2)69-23-25-71-63-21-19-59-37-61(139-104-102(136)90(124)66(78(46-114)143-104)38-76-94(128)100(134)96(130)80(48-116)140-76)27-29-107(59,4)73(63)41-83(109(69,71)6)145-105-103(137)91(125)67(79(47-115)144-105)39-77-95(129)101(135)97(131)81(49-117)141-77/h50-105,110-137H,7-49H2,1-6H3/t50?,51?,52-,53-,54?,55?,56?,57?,58?,59?,60?,61?,62?,63?,64-,65-,66+,67+,68?,69?,70?,71?,72?,73?,74-,75-,76+,77+,78?,79?,80?,81?,82?,83?,84?,85?,86-,87-,88+,89+,90?,91?,92?,93?,94+,95+,96+,97+,98-,99-,100?,101?,102-,103-,104+,105-,106?,107?,108?,109?/m1/s1. The molecule has 4 heterocycles. The molecule has 16 rings (SSSR count). The highest BCUT2D eigenvalue weighted by atomic mass is 16.7. The lowest BCUT2D eigenvalue weighted by molar-refractivity contribution is -0.330. The van der Waals surface area contributed by atoms with Crippen molar-refractivity contribution in [3.8, 4) is 0 Å². The van der Waals surface area contributed by atoms with E-state index in [-0.39, 0.29) is 129 Å². The number of aliphatic hydroxyl groups excluding tert-OH is 28. The van der Waals surface area contributed by atoms with Gasteiger partial charge in [-0.1, -0.05) is 112 Å². The van der Waals surface area contributed by atoms with E-state index in [0.29, 0.717) is 61.2 Å². The molecule has 0 aromatic rings. The van der Waals surface area contributed by atoms with Crippen LogP contribution < -0.4 is 0 Å². The SMILES string of the molecule is CC(CCCCCCCCCCCC(C)C1CCC2C3CCC4CC(O[C@@H]5CC(CO)[C@@H](C[C@H]6CC(CO)[C@@H](O)[C@H](O)C6O)[C@H](O)C5O)CCC4(C)C3CC(O[C@@H]3CC(CO)[C@@H](C[C@H]4CC(CO)[C@@H](O)[C@H](O)C4O)[C@H](O)C3O)C12C)C1CCC2C3CCC4CC(O[C@H]5OC(CO)[C@H](C[C@@H]6OC(CO)[C@H](O)C(O)[C@H]6O)C(O)[C@H]5O)CCC4(C)C3CC(O[C@H]3OC(CO)[C@H](C[C@@H]4OC(CO)[C@H](O)C(O)[C@H]4O)C(O)[C@H]3O)C12C. The van der Waals surface area contributed by atoms with Crippen LogP contribution in [0, 0.1) is 152 Å². The van der Waals surface area contributed by atoms with E-state index in [0.717, 1.165) is 148 Å². The number of hydrogen-bond acceptors (Lipinski definition) is 36. The molecule has 16 fully saturated rings. The van der Waals surface area contributed by atoms with E-state index >= 15 is 0 Å². The minimum absolute atomic E-state index is 0.132. The zero-order valence-electron chi connectivity index (χ0n) is 86.5. The van der Waals surface area contributed by atoms with Gasteiger partial charge in [0.2, 0.25) is 0 Å². The summed E-state index contributed by atoms with van der Waals surface area (Å²) in [6.45, 7) is 10.5. The number of rotatable bonds is 38. The van der Waals surface area contributed by atoms with Gasteiger partial charge in [-0.15, -0.1) is 0 Å². The summed E-state index contributed by atoms with van der Waals surface area (Å²) in [5.41, 5.74) is -1.10. The van der Waals surface area contributed by atoms with Gasteiger partial charge in [-0.25, -0.2) is 0 Å². The summed E-state index contributed by atoms with van der Waals surface area (Å²) in [6.07, 6.45) is -16.3. The smallest absolute Gasteiger partial charge is 0.186 e. The predicted molar refractivity (Wildman–Crippen MR) is 521 cm³/mol. The third kappa shape index (κ3) is 22.7. The maximum absolute atomic E-state index is 12.5. The highest BCUT2D eigenvalue weighted by Crippen LogP contribution is 2.72. The minimum Gasteiger partial charge on any atom is -0.396 e. The molecule has 0 amide bonds. The average Bonchev–Trinajstić information content (AvgIpc) is 1.62. The molecule has 36 nitrogen and oxygen atoms in total. The van der Waals surface area contributed by atoms with Crippen molar-refractivity contribution >= 4 is 0 Å². The summed E-state index contributed by atoms with van der Waals surface area (Å²) in [6, 6.07) is 0. The van der Waals surface area contributed by atoms with Gasteiger partial charge in [-0.3, -0.25) is 0 Å². The van der Waals surface area contributed by atoms with Crippen LogP contribution in [0.4, 0.5) is 0 Å². The van der Waals surface area contributed by atoms with Gasteiger partial charge < -0.3 is 181 Å². The van der Waals surface area contributed by atoms with Gasteiger partial charge in [0.05, 0.1) is 136 Å². The fraction of sp³-hybridized carbons (Fsp3) is 1.00. The molecule has 145 heavy (non-hydrogen) atoms. The first-order valence-corrected chi connectivity index (χ1v) is 56.8. The molecule has 0 aromatic carbocycles. The largest absolute Gasteiger partial charge is 0.396 e. The van der Waals surface area contributed by atoms with Gasteiger partial charge in [-0.2, -0.15) is 0 Å². The molecule has 12 aliphatic carbocycles. The van der Waals surface area contributed by atoms with E-state index in [1.54, 1.807) is 0 Å². The van der Waals surface area contributed by atoms with E-state index in [2.05, 4.69) is 41.5 Å². The summed E-state index contributed by atoms with van der Waals surface area (Å²) in [5, 5.41) is 310. The maximum atomic E-state index is 12.5. The Labute approximate surface area is 855 Å². The molecule has 0 radical (unpaired) electrons. The van der Waals surface area contributed by atoms with Crippen molar-refractivity contribution in [3.05, 3.63) is 0 Å². The lowest BCUT2D eigenvalue weighted by Gasteiger charge is -2.63. The predicted octanol–water partition coefficient (Wildman–Crippen LogP) is 0.843. The van der Waals surface area contributed by atoms with E-state index in [1.807, 2.05) is 0 Å². The zero-order valence-corrected chi connectivity index (χ0v) is 86.5. The summed E-state index contributed by atoms with van der Waals surface area (Å²) in [4.78, 5) is 0. The van der Waals surface area contributed by atoms with Crippen LogP contribution in [-0.4, -0.2) is 404 Å². The Hall–Kier alpha value is -1.44. The lowest BCUT2D eigenvalue weighted by Crippen LogP contribution is -2.63. The summed E-state index contributed by atoms with van der Waals surface area (Å²) >= 11 is 0. The molecule has 4 aliphatic heterocycles. The van der Waals surface area contributed by atoms with Crippen molar-refractivity contribution in [2.45, 2.75) is 474 Å². The molecule has 16 aliphatic rings. The first-order valence-electron chi connectivity index (χ1n) is 56.8. The fourth-order valence-electron chi connectivity index (χ4n) is 35.2. The van der Waals surface area contributed by atoms with E-state index in [9.17, 15) is 143 Å². The highest BCUT2D eigenvalue weighted by molar-refractivity contribution is 5.18. The Kier molecular flexibility index (Phi) is 39.2. The lowest BCUT2D eigenvalue weighted by atomic mass is 9.43. The molecular weight excluding hydrogens is 1890 g/mol. The van der Waals surface area contributed by atoms with Gasteiger partial charge in [0.1, 0.15) is 85.5 Å². The third-order valence-corrected chi connectivity index (χ3v) is 43.9.